The molecule has 0 aromatic heterocycles. The third kappa shape index (κ3) is 4.71. The van der Waals surface area contributed by atoms with Crippen LogP contribution in [0.25, 0.3) is 0 Å². The minimum Gasteiger partial charge on any atom is -0.343 e. The molecule has 1 fully saturated rings. The number of nitrogens with zero attached hydrogens (tertiary/aromatic N) is 1. The van der Waals surface area contributed by atoms with Gasteiger partial charge in [0, 0.05) is 41.2 Å². The number of rotatable bonds is 4. The second-order valence-electron chi connectivity index (χ2n) is 4.77. The summed E-state index contributed by atoms with van der Waals surface area (Å²) in [5.41, 5.74) is 5.83. The monoisotopic (exact) mass is 298 g/mol. The smallest absolute Gasteiger partial charge is 0.223 e. The van der Waals surface area contributed by atoms with Crippen LogP contribution in [0.15, 0.2) is 29.2 Å². The van der Waals surface area contributed by atoms with Crippen molar-refractivity contribution in [3.63, 3.8) is 0 Å². The van der Waals surface area contributed by atoms with Crippen molar-refractivity contribution in [2.45, 2.75) is 30.2 Å². The molecular weight excluding hydrogens is 280 g/mol. The van der Waals surface area contributed by atoms with E-state index in [1.807, 2.05) is 29.2 Å². The molecule has 104 valence electrons. The molecule has 5 heteroatoms. The van der Waals surface area contributed by atoms with Crippen LogP contribution in [0.4, 0.5) is 0 Å². The highest BCUT2D eigenvalue weighted by Crippen LogP contribution is 2.21. The van der Waals surface area contributed by atoms with Crippen LogP contribution in [0, 0.1) is 0 Å². The van der Waals surface area contributed by atoms with Crippen molar-refractivity contribution in [1.82, 2.24) is 4.90 Å². The highest BCUT2D eigenvalue weighted by atomic mass is 35.5. The molecule has 1 amide bonds. The SMILES string of the molecule is NC1CCN(C(=O)CCSc2ccc(Cl)cc2)CC1. The van der Waals surface area contributed by atoms with Crippen molar-refractivity contribution in [3.05, 3.63) is 29.3 Å². The van der Waals surface area contributed by atoms with Gasteiger partial charge in [-0.1, -0.05) is 11.6 Å². The Labute approximate surface area is 123 Å². The summed E-state index contributed by atoms with van der Waals surface area (Å²) in [5, 5.41) is 0.741. The van der Waals surface area contributed by atoms with E-state index in [1.165, 1.54) is 0 Å². The summed E-state index contributed by atoms with van der Waals surface area (Å²) in [4.78, 5) is 15.1. The third-order valence-electron chi connectivity index (χ3n) is 3.29. The third-order valence-corrected chi connectivity index (χ3v) is 4.56. The molecule has 0 atom stereocenters. The number of nitrogens with two attached hydrogens (primary N) is 1. The van der Waals surface area contributed by atoms with Gasteiger partial charge in [-0.05, 0) is 37.1 Å². The highest BCUT2D eigenvalue weighted by Gasteiger charge is 2.19. The second kappa shape index (κ2) is 7.17. The number of likely N-dealkylation sites (tertiary alicyclic amines) is 1. The molecule has 1 aromatic carbocycles. The Bertz CT molecular complexity index is 416. The van der Waals surface area contributed by atoms with Gasteiger partial charge in [0.05, 0.1) is 0 Å². The van der Waals surface area contributed by atoms with Gasteiger partial charge in [-0.15, -0.1) is 11.8 Å². The zero-order chi connectivity index (χ0) is 13.7. The van der Waals surface area contributed by atoms with E-state index in [0.717, 1.165) is 41.6 Å². The van der Waals surface area contributed by atoms with Gasteiger partial charge in [-0.3, -0.25) is 4.79 Å². The molecule has 2 rings (SSSR count). The lowest BCUT2D eigenvalue weighted by molar-refractivity contribution is -0.131. The van der Waals surface area contributed by atoms with Crippen molar-refractivity contribution in [1.29, 1.82) is 0 Å². The number of halogens is 1. The number of thioether (sulfide) groups is 1. The van der Waals surface area contributed by atoms with Crippen LogP contribution in [0.2, 0.25) is 5.02 Å². The highest BCUT2D eigenvalue weighted by molar-refractivity contribution is 7.99. The molecular formula is C14H19ClN2OS. The van der Waals surface area contributed by atoms with Gasteiger partial charge < -0.3 is 10.6 Å². The molecule has 3 nitrogen and oxygen atoms in total. The zero-order valence-corrected chi connectivity index (χ0v) is 12.4. The fraction of sp³-hybridized carbons (Fsp3) is 0.500. The van der Waals surface area contributed by atoms with E-state index in [2.05, 4.69) is 0 Å². The second-order valence-corrected chi connectivity index (χ2v) is 6.38. The maximum atomic E-state index is 12.0. The predicted octanol–water partition coefficient (Wildman–Crippen LogP) is 2.77. The fourth-order valence-corrected chi connectivity index (χ4v) is 3.06. The van der Waals surface area contributed by atoms with Gasteiger partial charge in [0.25, 0.3) is 0 Å². The molecule has 1 aromatic rings. The first-order valence-electron chi connectivity index (χ1n) is 6.57. The summed E-state index contributed by atoms with van der Waals surface area (Å²) in [6.07, 6.45) is 2.44. The molecule has 0 unspecified atom stereocenters. The van der Waals surface area contributed by atoms with Gasteiger partial charge in [0.2, 0.25) is 5.91 Å². The average molecular weight is 299 g/mol. The molecule has 1 aliphatic heterocycles. The van der Waals surface area contributed by atoms with E-state index in [4.69, 9.17) is 17.3 Å². The molecule has 0 aliphatic carbocycles. The zero-order valence-electron chi connectivity index (χ0n) is 10.8. The maximum Gasteiger partial charge on any atom is 0.223 e. The van der Waals surface area contributed by atoms with Gasteiger partial charge in [-0.25, -0.2) is 0 Å². The summed E-state index contributed by atoms with van der Waals surface area (Å²) in [7, 11) is 0. The Morgan fingerprint density at radius 2 is 1.95 bits per heavy atom. The van der Waals surface area contributed by atoms with Crippen molar-refractivity contribution in [2.24, 2.45) is 5.73 Å². The molecule has 1 aliphatic rings. The number of hydrogen-bond donors (Lipinski definition) is 1. The van der Waals surface area contributed by atoms with Crippen LogP contribution >= 0.6 is 23.4 Å². The average Bonchev–Trinajstić information content (AvgIpc) is 2.41. The summed E-state index contributed by atoms with van der Waals surface area (Å²) < 4.78 is 0. The summed E-state index contributed by atoms with van der Waals surface area (Å²) in [6.45, 7) is 1.62. The first-order chi connectivity index (χ1) is 9.15. The number of hydrogen-bond acceptors (Lipinski definition) is 3. The molecule has 0 bridgehead atoms. The van der Waals surface area contributed by atoms with E-state index in [-0.39, 0.29) is 11.9 Å². The van der Waals surface area contributed by atoms with Crippen LogP contribution in [0.1, 0.15) is 19.3 Å². The first-order valence-corrected chi connectivity index (χ1v) is 7.93. The van der Waals surface area contributed by atoms with Crippen LogP contribution in [0.3, 0.4) is 0 Å². The summed E-state index contributed by atoms with van der Waals surface area (Å²) >= 11 is 7.52. The number of carbonyl (C=O) groups excluding carboxylic acids is 1. The Morgan fingerprint density at radius 1 is 1.32 bits per heavy atom. The molecule has 19 heavy (non-hydrogen) atoms. The molecule has 0 radical (unpaired) electrons. The number of carbonyl (C=O) groups is 1. The lowest BCUT2D eigenvalue weighted by atomic mass is 10.1. The quantitative estimate of drug-likeness (QED) is 0.870. The van der Waals surface area contributed by atoms with Crippen LogP contribution < -0.4 is 5.73 Å². The van der Waals surface area contributed by atoms with Crippen molar-refractivity contribution in [3.8, 4) is 0 Å². The Kier molecular flexibility index (Phi) is 5.55. The van der Waals surface area contributed by atoms with E-state index in [0.29, 0.717) is 6.42 Å². The normalized spacial score (nSPS) is 16.6. The molecule has 0 spiro atoms. The maximum absolute atomic E-state index is 12.0. The van der Waals surface area contributed by atoms with Crippen LogP contribution in [-0.2, 0) is 4.79 Å². The molecule has 1 saturated heterocycles. The Balaban J connectivity index is 1.70. The minimum atomic E-state index is 0.244. The van der Waals surface area contributed by atoms with Crippen molar-refractivity contribution >= 4 is 29.3 Å². The first kappa shape index (κ1) is 14.7. The lowest BCUT2D eigenvalue weighted by Crippen LogP contribution is -2.42. The van der Waals surface area contributed by atoms with Gasteiger partial charge >= 0.3 is 0 Å². The van der Waals surface area contributed by atoms with Gasteiger partial charge in [0.15, 0.2) is 0 Å². The number of amides is 1. The van der Waals surface area contributed by atoms with Crippen molar-refractivity contribution in [2.75, 3.05) is 18.8 Å². The topological polar surface area (TPSA) is 46.3 Å². The summed E-state index contributed by atoms with van der Waals surface area (Å²) in [6, 6.07) is 7.98. The van der Waals surface area contributed by atoms with Gasteiger partial charge in [0.1, 0.15) is 0 Å². The molecule has 0 saturated carbocycles. The predicted molar refractivity (Wildman–Crippen MR) is 80.6 cm³/mol. The van der Waals surface area contributed by atoms with E-state index < -0.39 is 0 Å². The largest absolute Gasteiger partial charge is 0.343 e. The number of benzene rings is 1. The van der Waals surface area contributed by atoms with Crippen LogP contribution in [-0.4, -0.2) is 35.7 Å². The number of piperidine rings is 1. The lowest BCUT2D eigenvalue weighted by Gasteiger charge is -2.30. The minimum absolute atomic E-state index is 0.244. The van der Waals surface area contributed by atoms with E-state index in [1.54, 1.807) is 11.8 Å². The van der Waals surface area contributed by atoms with E-state index >= 15 is 0 Å². The Hall–Kier alpha value is -0.710. The molecule has 2 N–H and O–H groups in total. The Morgan fingerprint density at radius 3 is 2.58 bits per heavy atom. The van der Waals surface area contributed by atoms with Gasteiger partial charge in [-0.2, -0.15) is 0 Å². The van der Waals surface area contributed by atoms with E-state index in [9.17, 15) is 4.79 Å². The standard InChI is InChI=1S/C14H19ClN2OS/c15-11-1-3-13(4-2-11)19-10-7-14(18)17-8-5-12(16)6-9-17/h1-4,12H,5-10,16H2. The molecule has 1 heterocycles. The fourth-order valence-electron chi connectivity index (χ4n) is 2.09. The van der Waals surface area contributed by atoms with Crippen LogP contribution in [0.5, 0.6) is 0 Å². The van der Waals surface area contributed by atoms with Crippen molar-refractivity contribution < 1.29 is 4.79 Å². The summed E-state index contributed by atoms with van der Waals surface area (Å²) in [5.74, 6) is 1.05.